The molecule has 10 nitrogen and oxygen atoms in total. The fraction of sp³-hybridized carbons (Fsp3) is 0.483. The topological polar surface area (TPSA) is 102 Å². The Hall–Kier alpha value is -3.63. The molecule has 39 heavy (non-hydrogen) atoms. The van der Waals surface area contributed by atoms with E-state index in [4.69, 9.17) is 28.5 Å². The first-order valence-corrected chi connectivity index (χ1v) is 13.3. The van der Waals surface area contributed by atoms with Gasteiger partial charge in [0.2, 0.25) is 5.88 Å². The van der Waals surface area contributed by atoms with E-state index < -0.39 is 0 Å². The Morgan fingerprint density at radius 2 is 1.36 bits per heavy atom. The highest BCUT2D eigenvalue weighted by molar-refractivity contribution is 5.94. The molecule has 2 N–H and O–H groups in total. The van der Waals surface area contributed by atoms with Gasteiger partial charge < -0.3 is 33.8 Å². The van der Waals surface area contributed by atoms with Gasteiger partial charge in [0.05, 0.1) is 13.2 Å². The third-order valence-corrected chi connectivity index (χ3v) is 5.85. The van der Waals surface area contributed by atoms with Gasteiger partial charge in [-0.05, 0) is 79.5 Å². The van der Waals surface area contributed by atoms with Crippen LogP contribution in [0.5, 0.6) is 23.0 Å². The Kier molecular flexibility index (Phi) is 7.76. The Morgan fingerprint density at radius 1 is 0.846 bits per heavy atom. The van der Waals surface area contributed by atoms with Crippen molar-refractivity contribution in [2.45, 2.75) is 58.8 Å². The maximum atomic E-state index is 6.14. The van der Waals surface area contributed by atoms with Gasteiger partial charge >= 0.3 is 0 Å². The molecule has 0 amide bonds. The largest absolute Gasteiger partial charge is 0.491 e. The molecule has 2 aromatic rings. The number of rotatable bonds is 12. The van der Waals surface area contributed by atoms with Crippen LogP contribution in [0.4, 0.5) is 0 Å². The molecule has 0 aliphatic carbocycles. The summed E-state index contributed by atoms with van der Waals surface area (Å²) >= 11 is 0. The highest BCUT2D eigenvalue weighted by atomic mass is 16.7. The van der Waals surface area contributed by atoms with Crippen LogP contribution in [0.3, 0.4) is 0 Å². The van der Waals surface area contributed by atoms with E-state index in [2.05, 4.69) is 50.5 Å². The summed E-state index contributed by atoms with van der Waals surface area (Å²) < 4.78 is 28.0. The molecule has 2 aromatic carbocycles. The summed E-state index contributed by atoms with van der Waals surface area (Å²) in [5.74, 6) is 3.78. The zero-order valence-corrected chi connectivity index (χ0v) is 23.2. The second kappa shape index (κ2) is 11.2. The second-order valence-corrected chi connectivity index (χ2v) is 11.8. The van der Waals surface area contributed by atoms with E-state index in [1.807, 2.05) is 54.6 Å². The van der Waals surface area contributed by atoms with E-state index in [0.29, 0.717) is 36.4 Å². The minimum absolute atomic E-state index is 0.133. The lowest BCUT2D eigenvalue weighted by Gasteiger charge is -2.35. The molecule has 0 aromatic heterocycles. The first-order valence-electron chi connectivity index (χ1n) is 13.3. The molecule has 2 atom stereocenters. The summed E-state index contributed by atoms with van der Waals surface area (Å²) in [4.78, 5) is 6.00. The summed E-state index contributed by atoms with van der Waals surface area (Å²) in [6.45, 7) is 13.6. The van der Waals surface area contributed by atoms with Crippen molar-refractivity contribution in [2.24, 2.45) is 10.5 Å². The van der Waals surface area contributed by atoms with Gasteiger partial charge in [-0.2, -0.15) is 0 Å². The van der Waals surface area contributed by atoms with E-state index in [-0.39, 0.29) is 23.2 Å². The first kappa shape index (κ1) is 27.0. The Labute approximate surface area is 229 Å². The Morgan fingerprint density at radius 3 is 1.87 bits per heavy atom. The molecule has 2 unspecified atom stereocenters. The van der Waals surface area contributed by atoms with Crippen molar-refractivity contribution in [1.82, 2.24) is 16.0 Å². The van der Waals surface area contributed by atoms with E-state index in [0.717, 1.165) is 31.1 Å². The fourth-order valence-corrected chi connectivity index (χ4v) is 4.41. The number of amidine groups is 1. The maximum absolute atomic E-state index is 6.14. The number of nitrogens with one attached hydrogen (secondary N) is 2. The number of benzene rings is 2. The third-order valence-electron chi connectivity index (χ3n) is 5.85. The monoisotopic (exact) mass is 538 g/mol. The molecule has 10 heteroatoms. The van der Waals surface area contributed by atoms with E-state index in [1.54, 1.807) is 0 Å². The Balaban J connectivity index is 1.26. The molecule has 0 spiro atoms. The van der Waals surface area contributed by atoms with Crippen LogP contribution in [-0.2, 0) is 9.47 Å². The minimum atomic E-state index is -0.226. The number of hydrazone groups is 1. The minimum Gasteiger partial charge on any atom is -0.491 e. The number of ether oxygens (including phenoxy) is 5. The summed E-state index contributed by atoms with van der Waals surface area (Å²) in [5, 5.41) is 9.42. The molecule has 3 aliphatic rings. The molecule has 0 bridgehead atoms. The van der Waals surface area contributed by atoms with Crippen molar-refractivity contribution in [1.29, 1.82) is 0 Å². The zero-order valence-electron chi connectivity index (χ0n) is 23.2. The summed E-state index contributed by atoms with van der Waals surface area (Å²) in [6, 6.07) is 14.8. The number of hydrazine groups is 1. The van der Waals surface area contributed by atoms with E-state index in [1.165, 1.54) is 5.28 Å². The number of hydrogen-bond donors (Lipinski definition) is 2. The zero-order chi connectivity index (χ0) is 27.5. The predicted molar refractivity (Wildman–Crippen MR) is 146 cm³/mol. The van der Waals surface area contributed by atoms with Gasteiger partial charge in [-0.25, -0.2) is 5.43 Å². The average Bonchev–Trinajstić information content (AvgIpc) is 3.77. The second-order valence-electron chi connectivity index (χ2n) is 11.8. The number of epoxide rings is 2. The van der Waals surface area contributed by atoms with Crippen molar-refractivity contribution in [3.8, 4) is 23.0 Å². The number of hydrogen-bond acceptors (Lipinski definition) is 10. The molecular weight excluding hydrogens is 500 g/mol. The van der Waals surface area contributed by atoms with Crippen LogP contribution in [0.2, 0.25) is 0 Å². The van der Waals surface area contributed by atoms with Crippen molar-refractivity contribution in [3.63, 3.8) is 0 Å². The molecule has 0 saturated carbocycles. The van der Waals surface area contributed by atoms with Crippen LogP contribution in [0.25, 0.3) is 0 Å². The summed E-state index contributed by atoms with van der Waals surface area (Å²) in [5.41, 5.74) is 2.97. The summed E-state index contributed by atoms with van der Waals surface area (Å²) in [7, 11) is 0. The van der Waals surface area contributed by atoms with Gasteiger partial charge in [0.1, 0.15) is 42.7 Å². The lowest BCUT2D eigenvalue weighted by molar-refractivity contribution is -0.106. The fourth-order valence-electron chi connectivity index (χ4n) is 4.41. The van der Waals surface area contributed by atoms with Crippen molar-refractivity contribution in [3.05, 3.63) is 60.5 Å². The molecule has 210 valence electrons. The quantitative estimate of drug-likeness (QED) is 0.381. The smallest absolute Gasteiger partial charge is 0.219 e. The summed E-state index contributed by atoms with van der Waals surface area (Å²) in [6.07, 6.45) is 3.15. The Bertz CT molecular complexity index is 1170. The van der Waals surface area contributed by atoms with Gasteiger partial charge in [-0.3, -0.25) is 0 Å². The molecule has 3 aliphatic heterocycles. The molecule has 2 saturated heterocycles. The first-order chi connectivity index (χ1) is 18.6. The standard InChI is InChI=1S/C29H38N4O6/c1-28(2,3)19-29(4,5)30-26-14-27(38-22-10-6-20(7-11-22)34-15-24-17-36-24)32-33(31-26)39-23-12-8-21(9-13-23)35-16-25-18-37-25/h6-14,24-25,32H,15-19H2,1-5H3,(H,30,31). The van der Waals surface area contributed by atoms with Gasteiger partial charge in [-0.1, -0.05) is 20.8 Å². The highest BCUT2D eigenvalue weighted by Gasteiger charge is 2.28. The van der Waals surface area contributed by atoms with Gasteiger partial charge in [0.15, 0.2) is 11.6 Å². The molecule has 2 fully saturated rings. The van der Waals surface area contributed by atoms with Crippen molar-refractivity contribution < 1.29 is 28.5 Å². The van der Waals surface area contributed by atoms with Crippen LogP contribution < -0.4 is 29.8 Å². The van der Waals surface area contributed by atoms with Crippen LogP contribution in [-0.4, -0.2) is 55.3 Å². The highest BCUT2D eigenvalue weighted by Crippen LogP contribution is 2.28. The van der Waals surface area contributed by atoms with Crippen molar-refractivity contribution >= 4 is 5.84 Å². The average molecular weight is 539 g/mol. The molecule has 3 heterocycles. The molecule has 0 radical (unpaired) electrons. The lowest BCUT2D eigenvalue weighted by Crippen LogP contribution is -2.50. The van der Waals surface area contributed by atoms with Crippen molar-refractivity contribution in [2.75, 3.05) is 26.4 Å². The van der Waals surface area contributed by atoms with E-state index in [9.17, 15) is 0 Å². The van der Waals surface area contributed by atoms with Gasteiger partial charge in [0.25, 0.3) is 0 Å². The molecule has 5 rings (SSSR count). The van der Waals surface area contributed by atoms with Crippen LogP contribution in [0.15, 0.2) is 65.6 Å². The van der Waals surface area contributed by atoms with Crippen LogP contribution >= 0.6 is 0 Å². The van der Waals surface area contributed by atoms with E-state index >= 15 is 0 Å². The SMILES string of the molecule is CC(C)(C)CC(C)(C)NC1=NN(Oc2ccc(OCC3CO3)cc2)NC(Oc2ccc(OCC3CO3)cc2)=C1. The van der Waals surface area contributed by atoms with Crippen LogP contribution in [0.1, 0.15) is 41.0 Å². The third kappa shape index (κ3) is 8.97. The lowest BCUT2D eigenvalue weighted by atomic mass is 9.82. The molecular formula is C29H38N4O6. The van der Waals surface area contributed by atoms with Gasteiger partial charge in [0, 0.05) is 11.6 Å². The number of nitrogens with zero attached hydrogens (tertiary/aromatic N) is 2. The predicted octanol–water partition coefficient (Wildman–Crippen LogP) is 4.39. The normalized spacial score (nSPS) is 20.3. The van der Waals surface area contributed by atoms with Crippen LogP contribution in [0, 0.1) is 5.41 Å². The maximum Gasteiger partial charge on any atom is 0.219 e. The van der Waals surface area contributed by atoms with Gasteiger partial charge in [-0.15, -0.1) is 5.10 Å².